The number of rotatable bonds is 8. The van der Waals surface area contributed by atoms with Gasteiger partial charge in [-0.3, -0.25) is 0 Å². The van der Waals surface area contributed by atoms with Gasteiger partial charge in [0.2, 0.25) is 18.1 Å². The van der Waals surface area contributed by atoms with Gasteiger partial charge in [-0.15, -0.1) is 0 Å². The van der Waals surface area contributed by atoms with Crippen LogP contribution in [-0.4, -0.2) is 16.3 Å². The molecule has 4 nitrogen and oxygen atoms in total. The van der Waals surface area contributed by atoms with Crippen molar-refractivity contribution in [2.75, 3.05) is 0 Å². The number of halogens is 2. The molecular weight excluding hydrogens is 635 g/mol. The molecule has 2 aromatic heterocycles. The van der Waals surface area contributed by atoms with Crippen molar-refractivity contribution >= 4 is 45.0 Å². The van der Waals surface area contributed by atoms with Crippen LogP contribution in [0.15, 0.2) is 60.7 Å². The summed E-state index contributed by atoms with van der Waals surface area (Å²) in [5, 5.41) is 2.89. The fraction of sp³-hybridized carbons (Fsp3) is 0.571. The van der Waals surface area contributed by atoms with Gasteiger partial charge >= 0.3 is 0 Å². The minimum atomic E-state index is -0.632. The summed E-state index contributed by atoms with van der Waals surface area (Å²) in [6.07, 6.45) is 15.4. The molecule has 4 aliphatic carbocycles. The third-order valence-corrected chi connectivity index (χ3v) is 14.5. The van der Waals surface area contributed by atoms with Crippen molar-refractivity contribution < 1.29 is 9.47 Å². The summed E-state index contributed by atoms with van der Waals surface area (Å²) in [7, 11) is 0. The molecule has 1 unspecified atom stereocenters. The van der Waals surface area contributed by atoms with Crippen LogP contribution in [-0.2, 0) is 0 Å². The van der Waals surface area contributed by atoms with E-state index in [1.807, 2.05) is 60.7 Å². The third-order valence-electron chi connectivity index (χ3n) is 14.0. The zero-order valence-corrected chi connectivity index (χ0v) is 30.3. The van der Waals surface area contributed by atoms with Gasteiger partial charge in [0.05, 0.1) is 11.0 Å². The van der Waals surface area contributed by atoms with E-state index in [9.17, 15) is 0 Å². The van der Waals surface area contributed by atoms with Gasteiger partial charge in [0.25, 0.3) is 0 Å². The Bertz CT molecular complexity index is 1710. The van der Waals surface area contributed by atoms with Gasteiger partial charge in [0.1, 0.15) is 10.0 Å². The molecule has 8 rings (SSSR count). The molecule has 0 N–H and O–H groups in total. The van der Waals surface area contributed by atoms with Crippen LogP contribution in [0.25, 0.3) is 21.8 Å². The molecule has 2 heterocycles. The van der Waals surface area contributed by atoms with E-state index in [-0.39, 0.29) is 0 Å². The highest BCUT2D eigenvalue weighted by Gasteiger charge is 2.60. The summed E-state index contributed by atoms with van der Waals surface area (Å²) in [4.78, 5) is 9.57. The lowest BCUT2D eigenvalue weighted by Gasteiger charge is -2.61. The van der Waals surface area contributed by atoms with E-state index in [0.29, 0.717) is 50.9 Å². The molecule has 0 radical (unpaired) electrons. The number of nitrogens with zero attached hydrogens (tertiary/aromatic N) is 2. The van der Waals surface area contributed by atoms with Crippen LogP contribution in [0.1, 0.15) is 97.8 Å². The second kappa shape index (κ2) is 13.0. The molecule has 0 aliphatic heterocycles. The summed E-state index contributed by atoms with van der Waals surface area (Å²) in [5.74, 6) is 5.72. The number of pyridine rings is 2. The lowest BCUT2D eigenvalue weighted by molar-refractivity contribution is -0.115. The molecule has 2 aromatic carbocycles. The van der Waals surface area contributed by atoms with Gasteiger partial charge in [-0.05, 0) is 128 Å². The van der Waals surface area contributed by atoms with Crippen LogP contribution < -0.4 is 9.47 Å². The lowest BCUT2D eigenvalue weighted by atomic mass is 9.44. The van der Waals surface area contributed by atoms with Crippen LogP contribution >= 0.6 is 23.2 Å². The third kappa shape index (κ3) is 5.77. The molecular formula is C42H50Cl2N2O2. The van der Waals surface area contributed by atoms with E-state index < -0.39 is 6.29 Å². The van der Waals surface area contributed by atoms with Crippen molar-refractivity contribution in [3.8, 4) is 11.8 Å². The van der Waals surface area contributed by atoms with E-state index in [0.717, 1.165) is 51.9 Å². The van der Waals surface area contributed by atoms with Crippen molar-refractivity contribution in [1.29, 1.82) is 0 Å². The molecule has 0 bridgehead atoms. The Hall–Kier alpha value is -2.56. The van der Waals surface area contributed by atoms with Crippen LogP contribution in [0.3, 0.4) is 0 Å². The molecule has 254 valence electrons. The summed E-state index contributed by atoms with van der Waals surface area (Å²) < 4.78 is 13.1. The van der Waals surface area contributed by atoms with Crippen molar-refractivity contribution in [1.82, 2.24) is 9.97 Å². The van der Waals surface area contributed by atoms with Gasteiger partial charge in [0, 0.05) is 17.2 Å². The van der Waals surface area contributed by atoms with Gasteiger partial charge in [-0.2, -0.15) is 0 Å². The Morgan fingerprint density at radius 3 is 2.00 bits per heavy atom. The smallest absolute Gasteiger partial charge is 0.244 e. The van der Waals surface area contributed by atoms with Crippen LogP contribution in [0.4, 0.5) is 0 Å². The minimum Gasteiger partial charge on any atom is -0.436 e. The van der Waals surface area contributed by atoms with E-state index in [4.69, 9.17) is 42.6 Å². The second-order valence-electron chi connectivity index (χ2n) is 16.3. The Balaban J connectivity index is 1.02. The predicted molar refractivity (Wildman–Crippen MR) is 197 cm³/mol. The van der Waals surface area contributed by atoms with Crippen LogP contribution in [0.2, 0.25) is 10.0 Å². The normalized spacial score (nSPS) is 32.1. The molecule has 48 heavy (non-hydrogen) atoms. The maximum absolute atomic E-state index is 6.74. The summed E-state index contributed by atoms with van der Waals surface area (Å²) in [6, 6.07) is 19.7. The zero-order chi connectivity index (χ0) is 33.0. The Morgan fingerprint density at radius 2 is 1.33 bits per heavy atom. The average molecular weight is 686 g/mol. The van der Waals surface area contributed by atoms with Gasteiger partial charge in [-0.25, -0.2) is 9.97 Å². The zero-order valence-electron chi connectivity index (χ0n) is 28.8. The first-order chi connectivity index (χ1) is 23.2. The maximum Gasteiger partial charge on any atom is 0.244 e. The number of aromatic nitrogens is 2. The quantitative estimate of drug-likeness (QED) is 0.173. The number of hydrogen-bond donors (Lipinski definition) is 0. The molecule has 0 amide bonds. The number of para-hydroxylation sites is 2. The van der Waals surface area contributed by atoms with Crippen LogP contribution in [0, 0.1) is 46.3 Å². The van der Waals surface area contributed by atoms with E-state index in [1.54, 1.807) is 0 Å². The average Bonchev–Trinajstić information content (AvgIpc) is 3.44. The highest BCUT2D eigenvalue weighted by Crippen LogP contribution is 2.68. The number of fused-ring (bicyclic) bond motifs is 7. The molecule has 4 saturated carbocycles. The summed E-state index contributed by atoms with van der Waals surface area (Å²) >= 11 is 13.5. The first kappa shape index (κ1) is 32.6. The highest BCUT2D eigenvalue weighted by molar-refractivity contribution is 6.32. The van der Waals surface area contributed by atoms with Crippen molar-refractivity contribution in [2.45, 2.75) is 104 Å². The summed E-state index contributed by atoms with van der Waals surface area (Å²) in [5.41, 5.74) is 2.68. The topological polar surface area (TPSA) is 44.2 Å². The minimum absolute atomic E-state index is 0.378. The van der Waals surface area contributed by atoms with Crippen molar-refractivity contribution in [2.24, 2.45) is 46.3 Å². The van der Waals surface area contributed by atoms with Gasteiger partial charge < -0.3 is 9.47 Å². The van der Waals surface area contributed by atoms with Gasteiger partial charge in [0.15, 0.2) is 0 Å². The fourth-order valence-electron chi connectivity index (χ4n) is 11.6. The number of benzene rings is 2. The van der Waals surface area contributed by atoms with E-state index in [2.05, 4.69) is 20.8 Å². The predicted octanol–water partition coefficient (Wildman–Crippen LogP) is 12.3. The van der Waals surface area contributed by atoms with Crippen molar-refractivity contribution in [3.63, 3.8) is 0 Å². The number of ether oxygens (including phenoxy) is 2. The largest absolute Gasteiger partial charge is 0.436 e. The molecule has 4 aliphatic rings. The maximum atomic E-state index is 6.74. The van der Waals surface area contributed by atoms with E-state index in [1.165, 1.54) is 64.2 Å². The SMILES string of the molecule is C[C@H](CCC(Oc1nc2ccccc2cc1Cl)Oc1nc2ccccc2cc1Cl)[C@H]1CC[C@H]2[C@@H]3CCC4CCCC[C@]4(C)[C@H]3CC[C@]12C. The Labute approximate surface area is 296 Å². The van der Waals surface area contributed by atoms with E-state index >= 15 is 0 Å². The molecule has 4 aromatic rings. The first-order valence-corrected chi connectivity index (χ1v) is 19.4. The second-order valence-corrected chi connectivity index (χ2v) is 17.1. The molecule has 0 saturated heterocycles. The Morgan fingerprint density at radius 1 is 0.708 bits per heavy atom. The van der Waals surface area contributed by atoms with Crippen molar-refractivity contribution in [3.05, 3.63) is 70.7 Å². The summed E-state index contributed by atoms with van der Waals surface area (Å²) in [6.45, 7) is 7.83. The van der Waals surface area contributed by atoms with Crippen LogP contribution in [0.5, 0.6) is 11.8 Å². The molecule has 8 atom stereocenters. The molecule has 0 spiro atoms. The highest BCUT2D eigenvalue weighted by atomic mass is 35.5. The molecule has 4 fully saturated rings. The molecule has 6 heteroatoms. The first-order valence-electron chi connectivity index (χ1n) is 18.7. The Kier molecular flexibility index (Phi) is 8.81. The lowest BCUT2D eigenvalue weighted by Crippen LogP contribution is -2.53. The van der Waals surface area contributed by atoms with Gasteiger partial charge in [-0.1, -0.05) is 93.2 Å². The standard InChI is InChI=1S/C42H50Cl2N2O2/c1-26(31-18-19-32-30-17-16-29-12-8-9-22-41(29,2)33(30)21-23-42(31,32)3)15-20-38(47-39-34(43)24-27-10-4-6-13-36(27)45-39)48-40-35(44)25-28-11-5-7-14-37(28)46-40/h4-7,10-11,13-14,24-26,29-33,38H,8-9,12,15-23H2,1-3H3/t26-,29?,30+,31-,32+,33+,41+,42-/m1/s1. The number of hydrogen-bond acceptors (Lipinski definition) is 4. The monoisotopic (exact) mass is 684 g/mol. The fourth-order valence-corrected chi connectivity index (χ4v) is 12.0.